The van der Waals surface area contributed by atoms with Crippen LogP contribution in [-0.2, 0) is 0 Å². The first-order chi connectivity index (χ1) is 2.64. The number of thiol groups is 1. The Morgan fingerprint density at radius 1 is 1.57 bits per heavy atom. The van der Waals surface area contributed by atoms with Gasteiger partial charge in [-0.15, -0.1) is 12.6 Å². The van der Waals surface area contributed by atoms with Crippen molar-refractivity contribution in [2.75, 3.05) is 14.1 Å². The van der Waals surface area contributed by atoms with Crippen LogP contribution in [0.1, 0.15) is 0 Å². The molecule has 0 amide bonds. The molecule has 0 N–H and O–H groups in total. The SMILES string of the molecule is CN(C)C(=S)S.[PbH2]. The molecule has 0 heterocycles. The van der Waals surface area contributed by atoms with Gasteiger partial charge < -0.3 is 4.90 Å². The fraction of sp³-hybridized carbons (Fsp3) is 0.667. The summed E-state index contributed by atoms with van der Waals surface area (Å²) in [6, 6.07) is 0. The Labute approximate surface area is 75.0 Å². The fourth-order valence-corrected chi connectivity index (χ4v) is 0. The molecule has 0 saturated carbocycles. The Kier molecular flexibility index (Phi) is 8.35. The molecule has 0 aliphatic carbocycles. The van der Waals surface area contributed by atoms with E-state index in [0.717, 1.165) is 0 Å². The minimum absolute atomic E-state index is 0. The van der Waals surface area contributed by atoms with Crippen molar-refractivity contribution in [2.24, 2.45) is 0 Å². The summed E-state index contributed by atoms with van der Waals surface area (Å²) in [5, 5.41) is 0. The topological polar surface area (TPSA) is 3.24 Å². The Balaban J connectivity index is 0. The first-order valence-corrected chi connectivity index (χ1v) is 2.40. The molecule has 42 valence electrons. The molecular weight excluding hydrogens is 321 g/mol. The third kappa shape index (κ3) is 7.16. The van der Waals surface area contributed by atoms with Crippen LogP contribution in [0.5, 0.6) is 0 Å². The zero-order valence-electron chi connectivity index (χ0n) is 4.51. The van der Waals surface area contributed by atoms with Gasteiger partial charge in [-0.05, 0) is 0 Å². The maximum atomic E-state index is 4.61. The van der Waals surface area contributed by atoms with Gasteiger partial charge in [-0.1, -0.05) is 12.2 Å². The number of thiocarbonyl (C=S) groups is 1. The predicted molar refractivity (Wildman–Crippen MR) is 43.8 cm³/mol. The third-order valence-electron chi connectivity index (χ3n) is 0.383. The molecule has 0 bridgehead atoms. The Morgan fingerprint density at radius 3 is 1.71 bits per heavy atom. The van der Waals surface area contributed by atoms with Crippen molar-refractivity contribution in [3.8, 4) is 0 Å². The van der Waals surface area contributed by atoms with Crippen molar-refractivity contribution in [1.29, 1.82) is 0 Å². The number of nitrogens with zero attached hydrogens (tertiary/aromatic N) is 1. The van der Waals surface area contributed by atoms with Gasteiger partial charge in [0.15, 0.2) is 0 Å². The molecular formula is C3H9NPbS2. The fourth-order valence-electron chi connectivity index (χ4n) is 0. The molecule has 0 aromatic rings. The van der Waals surface area contributed by atoms with E-state index in [1.165, 1.54) is 0 Å². The van der Waals surface area contributed by atoms with Crippen LogP contribution in [-0.4, -0.2) is 50.6 Å². The van der Waals surface area contributed by atoms with E-state index in [2.05, 4.69) is 24.8 Å². The van der Waals surface area contributed by atoms with Crippen LogP contribution in [0.4, 0.5) is 0 Å². The van der Waals surface area contributed by atoms with Gasteiger partial charge in [0.2, 0.25) is 0 Å². The van der Waals surface area contributed by atoms with E-state index < -0.39 is 0 Å². The summed E-state index contributed by atoms with van der Waals surface area (Å²) in [6.45, 7) is 0. The molecule has 0 aromatic carbocycles. The van der Waals surface area contributed by atoms with Crippen LogP contribution in [0.2, 0.25) is 0 Å². The Bertz CT molecular complexity index is 64.0. The van der Waals surface area contributed by atoms with Gasteiger partial charge in [-0.2, -0.15) is 0 Å². The number of rotatable bonds is 0. The summed E-state index contributed by atoms with van der Waals surface area (Å²) >= 11 is 8.46. The van der Waals surface area contributed by atoms with E-state index in [-0.39, 0.29) is 27.3 Å². The van der Waals surface area contributed by atoms with Crippen LogP contribution in [0.15, 0.2) is 0 Å². The summed E-state index contributed by atoms with van der Waals surface area (Å²) in [6.07, 6.45) is 0. The minimum atomic E-state index is 0. The standard InChI is InChI=1S/C3H7NS2.Pb.2H/c1-4(2)3(5)6;;;/h1-2H3,(H,5,6);;;. The number of hydrogen-bond acceptors (Lipinski definition) is 1. The van der Waals surface area contributed by atoms with Crippen LogP contribution in [0.3, 0.4) is 0 Å². The summed E-state index contributed by atoms with van der Waals surface area (Å²) < 4.78 is 0.620. The monoisotopic (exact) mass is 331 g/mol. The molecule has 0 aliphatic rings. The predicted octanol–water partition coefficient (Wildman–Crippen LogP) is -0.154. The van der Waals surface area contributed by atoms with Crippen molar-refractivity contribution in [3.05, 3.63) is 0 Å². The molecule has 0 fully saturated rings. The van der Waals surface area contributed by atoms with Crippen LogP contribution in [0, 0.1) is 0 Å². The van der Waals surface area contributed by atoms with Gasteiger partial charge >= 0.3 is 27.3 Å². The van der Waals surface area contributed by atoms with E-state index in [0.29, 0.717) is 4.32 Å². The second-order valence-corrected chi connectivity index (χ2v) is 2.29. The second kappa shape index (κ2) is 5.30. The van der Waals surface area contributed by atoms with Crippen molar-refractivity contribution >= 4 is 56.5 Å². The summed E-state index contributed by atoms with van der Waals surface area (Å²) in [4.78, 5) is 1.76. The number of hydrogen-bond donors (Lipinski definition) is 1. The molecule has 0 atom stereocenters. The normalized spacial score (nSPS) is 6.71. The van der Waals surface area contributed by atoms with Crippen molar-refractivity contribution < 1.29 is 0 Å². The first-order valence-electron chi connectivity index (χ1n) is 1.55. The summed E-state index contributed by atoms with van der Waals surface area (Å²) in [5.74, 6) is 0. The van der Waals surface area contributed by atoms with Gasteiger partial charge in [0, 0.05) is 14.1 Å². The molecule has 7 heavy (non-hydrogen) atoms. The van der Waals surface area contributed by atoms with Crippen molar-refractivity contribution in [3.63, 3.8) is 0 Å². The maximum absolute atomic E-state index is 4.61. The summed E-state index contributed by atoms with van der Waals surface area (Å²) in [5.41, 5.74) is 0. The van der Waals surface area contributed by atoms with E-state index in [1.807, 2.05) is 14.1 Å². The first kappa shape index (κ1) is 11.0. The van der Waals surface area contributed by atoms with Crippen molar-refractivity contribution in [1.82, 2.24) is 4.90 Å². The van der Waals surface area contributed by atoms with E-state index in [9.17, 15) is 0 Å². The Morgan fingerprint density at radius 2 is 1.71 bits per heavy atom. The van der Waals surface area contributed by atoms with Crippen LogP contribution >= 0.6 is 24.8 Å². The molecule has 0 rings (SSSR count). The molecule has 1 nitrogen and oxygen atoms in total. The molecule has 0 aliphatic heterocycles. The average molecular weight is 330 g/mol. The van der Waals surface area contributed by atoms with Gasteiger partial charge in [0.05, 0.1) is 0 Å². The van der Waals surface area contributed by atoms with E-state index in [4.69, 9.17) is 0 Å². The molecule has 0 spiro atoms. The van der Waals surface area contributed by atoms with Crippen LogP contribution in [0.25, 0.3) is 0 Å². The molecule has 2 radical (unpaired) electrons. The molecule has 0 unspecified atom stereocenters. The van der Waals surface area contributed by atoms with E-state index in [1.54, 1.807) is 4.90 Å². The van der Waals surface area contributed by atoms with Gasteiger partial charge in [0.1, 0.15) is 4.32 Å². The van der Waals surface area contributed by atoms with Gasteiger partial charge in [-0.3, -0.25) is 0 Å². The van der Waals surface area contributed by atoms with Crippen molar-refractivity contribution in [2.45, 2.75) is 0 Å². The Hall–Kier alpha value is 1.16. The average Bonchev–Trinajstić information content (AvgIpc) is 1.36. The second-order valence-electron chi connectivity index (χ2n) is 1.18. The van der Waals surface area contributed by atoms with E-state index >= 15 is 0 Å². The zero-order chi connectivity index (χ0) is 5.15. The van der Waals surface area contributed by atoms with Gasteiger partial charge in [-0.25, -0.2) is 0 Å². The zero-order valence-corrected chi connectivity index (χ0v) is 11.7. The molecule has 4 heteroatoms. The molecule has 0 aromatic heterocycles. The third-order valence-corrected chi connectivity index (χ3v) is 1.15. The quantitative estimate of drug-likeness (QED) is 0.374. The van der Waals surface area contributed by atoms with Crippen LogP contribution < -0.4 is 0 Å². The molecule has 0 saturated heterocycles. The summed E-state index contributed by atoms with van der Waals surface area (Å²) in [7, 11) is 3.71. The van der Waals surface area contributed by atoms with Gasteiger partial charge in [0.25, 0.3) is 0 Å².